The van der Waals surface area contributed by atoms with E-state index in [9.17, 15) is 8.78 Å². The molecule has 0 fully saturated rings. The van der Waals surface area contributed by atoms with Crippen LogP contribution in [0.3, 0.4) is 0 Å². The van der Waals surface area contributed by atoms with Crippen molar-refractivity contribution in [2.24, 2.45) is 0 Å². The molecule has 5 heteroatoms. The third kappa shape index (κ3) is 2.21. The molecule has 3 aromatic heterocycles. The van der Waals surface area contributed by atoms with Crippen LogP contribution in [0.4, 0.5) is 8.78 Å². The van der Waals surface area contributed by atoms with Gasteiger partial charge >= 0.3 is 0 Å². The molecular weight excluding hydrogens is 296 g/mol. The molecule has 4 aromatic rings. The second-order valence-corrected chi connectivity index (χ2v) is 5.46. The highest BCUT2D eigenvalue weighted by Crippen LogP contribution is 2.28. The van der Waals surface area contributed by atoms with E-state index < -0.39 is 11.6 Å². The lowest BCUT2D eigenvalue weighted by Gasteiger charge is -2.05. The topological polar surface area (TPSA) is 33.6 Å². The molecule has 1 aromatic carbocycles. The number of aromatic nitrogens is 3. The van der Waals surface area contributed by atoms with Gasteiger partial charge in [0.25, 0.3) is 0 Å². The van der Waals surface area contributed by atoms with Crippen LogP contribution in [0.25, 0.3) is 28.0 Å². The summed E-state index contributed by atoms with van der Waals surface area (Å²) < 4.78 is 28.6. The number of aromatic amines is 1. The Kier molecular flexibility index (Phi) is 3.01. The van der Waals surface area contributed by atoms with Gasteiger partial charge in [0.2, 0.25) is 0 Å². The van der Waals surface area contributed by atoms with Crippen LogP contribution in [0.2, 0.25) is 0 Å². The van der Waals surface area contributed by atoms with Gasteiger partial charge in [0.15, 0.2) is 11.6 Å². The smallest absolute Gasteiger partial charge is 0.159 e. The highest BCUT2D eigenvalue weighted by molar-refractivity contribution is 5.85. The standard InChI is InChI=1S/C18H13F2N3/c1-11-10-23(17-3-2-6-21-17)16-8-13(9-22-18(11)16)12-4-5-14(19)15(20)7-12/h2-10,21H,1H3. The van der Waals surface area contributed by atoms with Crippen LogP contribution in [-0.4, -0.2) is 14.5 Å². The van der Waals surface area contributed by atoms with Crippen molar-refractivity contribution in [1.82, 2.24) is 14.5 Å². The number of hydrogen-bond donors (Lipinski definition) is 1. The number of benzene rings is 1. The Bertz CT molecular complexity index is 1000. The van der Waals surface area contributed by atoms with Crippen molar-refractivity contribution in [2.75, 3.05) is 0 Å². The molecule has 0 aliphatic carbocycles. The van der Waals surface area contributed by atoms with E-state index in [4.69, 9.17) is 0 Å². The molecule has 3 heterocycles. The number of H-pyrrole nitrogens is 1. The van der Waals surface area contributed by atoms with Crippen molar-refractivity contribution < 1.29 is 8.78 Å². The summed E-state index contributed by atoms with van der Waals surface area (Å²) in [4.78, 5) is 7.65. The molecule has 23 heavy (non-hydrogen) atoms. The second-order valence-electron chi connectivity index (χ2n) is 5.46. The van der Waals surface area contributed by atoms with E-state index in [2.05, 4.69) is 9.97 Å². The predicted octanol–water partition coefficient (Wildman–Crippen LogP) is 4.61. The predicted molar refractivity (Wildman–Crippen MR) is 85.5 cm³/mol. The number of aryl methyl sites for hydroxylation is 1. The maximum atomic E-state index is 13.5. The normalized spacial score (nSPS) is 11.3. The van der Waals surface area contributed by atoms with E-state index >= 15 is 0 Å². The van der Waals surface area contributed by atoms with Crippen molar-refractivity contribution >= 4 is 11.0 Å². The lowest BCUT2D eigenvalue weighted by molar-refractivity contribution is 0.509. The van der Waals surface area contributed by atoms with Gasteiger partial charge < -0.3 is 9.55 Å². The fourth-order valence-corrected chi connectivity index (χ4v) is 2.77. The molecule has 0 aliphatic rings. The molecule has 3 nitrogen and oxygen atoms in total. The molecule has 0 saturated heterocycles. The summed E-state index contributed by atoms with van der Waals surface area (Å²) >= 11 is 0. The molecule has 0 atom stereocenters. The van der Waals surface area contributed by atoms with Crippen molar-refractivity contribution in [2.45, 2.75) is 6.92 Å². The minimum Gasteiger partial charge on any atom is -0.348 e. The average Bonchev–Trinajstić information content (AvgIpc) is 3.18. The third-order valence-electron chi connectivity index (χ3n) is 3.92. The lowest BCUT2D eigenvalue weighted by atomic mass is 10.1. The Morgan fingerprint density at radius 3 is 2.65 bits per heavy atom. The van der Waals surface area contributed by atoms with Crippen molar-refractivity contribution in [1.29, 1.82) is 0 Å². The maximum Gasteiger partial charge on any atom is 0.159 e. The second kappa shape index (κ2) is 5.05. The molecule has 0 aliphatic heterocycles. The fourth-order valence-electron chi connectivity index (χ4n) is 2.77. The van der Waals surface area contributed by atoms with Gasteiger partial charge in [-0.15, -0.1) is 0 Å². The van der Waals surface area contributed by atoms with Crippen LogP contribution in [-0.2, 0) is 0 Å². The molecule has 0 spiro atoms. The van der Waals surface area contributed by atoms with Gasteiger partial charge in [-0.3, -0.25) is 4.98 Å². The number of rotatable bonds is 2. The third-order valence-corrected chi connectivity index (χ3v) is 3.92. The molecule has 0 radical (unpaired) electrons. The Balaban J connectivity index is 1.93. The Morgan fingerprint density at radius 2 is 1.91 bits per heavy atom. The average molecular weight is 309 g/mol. The number of pyridine rings is 1. The number of halogens is 2. The van der Waals surface area contributed by atoms with Crippen molar-refractivity contribution in [3.05, 3.63) is 72.2 Å². The monoisotopic (exact) mass is 309 g/mol. The molecule has 114 valence electrons. The summed E-state index contributed by atoms with van der Waals surface area (Å²) in [6.07, 6.45) is 5.53. The molecule has 0 bridgehead atoms. The van der Waals surface area contributed by atoms with Gasteiger partial charge in [0.1, 0.15) is 5.82 Å². The van der Waals surface area contributed by atoms with Crippen molar-refractivity contribution in [3.63, 3.8) is 0 Å². The zero-order valence-corrected chi connectivity index (χ0v) is 12.3. The number of nitrogens with zero attached hydrogens (tertiary/aromatic N) is 2. The SMILES string of the molecule is Cc1cn(-c2ccc[nH]2)c2cc(-c3ccc(F)c(F)c3)cnc12. The lowest BCUT2D eigenvalue weighted by Crippen LogP contribution is -1.93. The highest BCUT2D eigenvalue weighted by Gasteiger charge is 2.11. The largest absolute Gasteiger partial charge is 0.348 e. The molecular formula is C18H13F2N3. The van der Waals surface area contributed by atoms with Crippen LogP contribution in [0.15, 0.2) is 55.0 Å². The summed E-state index contributed by atoms with van der Waals surface area (Å²) in [5, 5.41) is 0. The minimum absolute atomic E-state index is 0.593. The first-order chi connectivity index (χ1) is 11.1. The van der Waals surface area contributed by atoms with E-state index in [1.807, 2.05) is 42.1 Å². The zero-order chi connectivity index (χ0) is 16.0. The van der Waals surface area contributed by atoms with Gasteiger partial charge in [0, 0.05) is 24.2 Å². The quantitative estimate of drug-likeness (QED) is 0.576. The van der Waals surface area contributed by atoms with E-state index in [1.165, 1.54) is 6.07 Å². The van der Waals surface area contributed by atoms with Crippen LogP contribution in [0.1, 0.15) is 5.56 Å². The first kappa shape index (κ1) is 13.7. The van der Waals surface area contributed by atoms with Crippen LogP contribution in [0, 0.1) is 18.6 Å². The van der Waals surface area contributed by atoms with Gasteiger partial charge in [-0.25, -0.2) is 8.78 Å². The summed E-state index contributed by atoms with van der Waals surface area (Å²) in [6, 6.07) is 9.68. The molecule has 0 amide bonds. The summed E-state index contributed by atoms with van der Waals surface area (Å²) in [6.45, 7) is 1.99. The number of nitrogens with one attached hydrogen (secondary N) is 1. The summed E-state index contributed by atoms with van der Waals surface area (Å²) in [7, 11) is 0. The van der Waals surface area contributed by atoms with Gasteiger partial charge in [-0.1, -0.05) is 6.07 Å². The Hall–Kier alpha value is -2.95. The van der Waals surface area contributed by atoms with Crippen molar-refractivity contribution in [3.8, 4) is 16.9 Å². The minimum atomic E-state index is -0.862. The first-order valence-corrected chi connectivity index (χ1v) is 7.20. The van der Waals surface area contributed by atoms with E-state index in [0.717, 1.165) is 34.0 Å². The van der Waals surface area contributed by atoms with Gasteiger partial charge in [-0.05, 0) is 48.4 Å². The Labute approximate surface area is 131 Å². The van der Waals surface area contributed by atoms with Gasteiger partial charge in [-0.2, -0.15) is 0 Å². The summed E-state index contributed by atoms with van der Waals surface area (Å²) in [5.74, 6) is -0.792. The Morgan fingerprint density at radius 1 is 1.04 bits per heavy atom. The fraction of sp³-hybridized carbons (Fsp3) is 0.0556. The van der Waals surface area contributed by atoms with E-state index in [0.29, 0.717) is 5.56 Å². The van der Waals surface area contributed by atoms with E-state index in [-0.39, 0.29) is 0 Å². The van der Waals surface area contributed by atoms with Crippen LogP contribution in [0.5, 0.6) is 0 Å². The van der Waals surface area contributed by atoms with Crippen LogP contribution < -0.4 is 0 Å². The number of fused-ring (bicyclic) bond motifs is 1. The molecule has 0 saturated carbocycles. The maximum absolute atomic E-state index is 13.5. The zero-order valence-electron chi connectivity index (χ0n) is 12.3. The first-order valence-electron chi connectivity index (χ1n) is 7.20. The van der Waals surface area contributed by atoms with Gasteiger partial charge in [0.05, 0.1) is 11.0 Å². The van der Waals surface area contributed by atoms with E-state index in [1.54, 1.807) is 12.3 Å². The number of hydrogen-bond acceptors (Lipinski definition) is 1. The van der Waals surface area contributed by atoms with Crippen LogP contribution >= 0.6 is 0 Å². The highest BCUT2D eigenvalue weighted by atomic mass is 19.2. The summed E-state index contributed by atoms with van der Waals surface area (Å²) in [5.41, 5.74) is 4.17. The molecule has 1 N–H and O–H groups in total. The molecule has 4 rings (SSSR count). The molecule has 0 unspecified atom stereocenters.